The van der Waals surface area contributed by atoms with Gasteiger partial charge in [0, 0.05) is 32.7 Å². The Morgan fingerprint density at radius 1 is 1.26 bits per heavy atom. The SMILES string of the molecule is CCCN(CC1CCN(C(=O)NC)CC1)C1CCc2cc(OC)ccc2C1. The molecule has 1 heterocycles. The third-order valence-electron chi connectivity index (χ3n) is 6.25. The van der Waals surface area contributed by atoms with Crippen LogP contribution in [0.3, 0.4) is 0 Å². The largest absolute Gasteiger partial charge is 0.497 e. The van der Waals surface area contributed by atoms with Crippen molar-refractivity contribution in [2.24, 2.45) is 5.92 Å². The van der Waals surface area contributed by atoms with Crippen molar-refractivity contribution in [2.75, 3.05) is 40.3 Å². The number of ether oxygens (including phenoxy) is 1. The molecule has 0 spiro atoms. The van der Waals surface area contributed by atoms with Crippen LogP contribution in [0, 0.1) is 5.92 Å². The lowest BCUT2D eigenvalue weighted by molar-refractivity contribution is 0.117. The summed E-state index contributed by atoms with van der Waals surface area (Å²) in [5, 5.41) is 2.75. The van der Waals surface area contributed by atoms with E-state index in [1.165, 1.54) is 37.1 Å². The number of benzene rings is 1. The molecule has 0 aromatic heterocycles. The number of hydrogen-bond acceptors (Lipinski definition) is 3. The molecule has 1 N–H and O–H groups in total. The molecule has 1 unspecified atom stereocenters. The summed E-state index contributed by atoms with van der Waals surface area (Å²) in [7, 11) is 3.46. The molecule has 1 aliphatic carbocycles. The highest BCUT2D eigenvalue weighted by molar-refractivity contribution is 5.73. The van der Waals surface area contributed by atoms with Crippen LogP contribution in [0.1, 0.15) is 43.7 Å². The summed E-state index contributed by atoms with van der Waals surface area (Å²) < 4.78 is 5.38. The molecule has 150 valence electrons. The fourth-order valence-electron chi connectivity index (χ4n) is 4.67. The van der Waals surface area contributed by atoms with Crippen molar-refractivity contribution < 1.29 is 9.53 Å². The van der Waals surface area contributed by atoms with E-state index in [1.807, 2.05) is 4.90 Å². The minimum atomic E-state index is 0.0678. The molecule has 1 saturated heterocycles. The maximum absolute atomic E-state index is 11.8. The molecule has 27 heavy (non-hydrogen) atoms. The summed E-state index contributed by atoms with van der Waals surface area (Å²) in [6.07, 6.45) is 6.96. The number of rotatable bonds is 6. The molecule has 1 fully saturated rings. The van der Waals surface area contributed by atoms with Gasteiger partial charge in [-0.3, -0.25) is 4.90 Å². The van der Waals surface area contributed by atoms with Crippen LogP contribution in [0.4, 0.5) is 4.79 Å². The third-order valence-corrected chi connectivity index (χ3v) is 6.25. The van der Waals surface area contributed by atoms with Crippen LogP contribution in [0.15, 0.2) is 18.2 Å². The van der Waals surface area contributed by atoms with E-state index in [-0.39, 0.29) is 6.03 Å². The van der Waals surface area contributed by atoms with Crippen molar-refractivity contribution in [1.29, 1.82) is 0 Å². The van der Waals surface area contributed by atoms with Gasteiger partial charge >= 0.3 is 6.03 Å². The summed E-state index contributed by atoms with van der Waals surface area (Å²) in [5.74, 6) is 1.68. The second-order valence-corrected chi connectivity index (χ2v) is 8.01. The van der Waals surface area contributed by atoms with Gasteiger partial charge in [-0.2, -0.15) is 0 Å². The molecule has 3 rings (SSSR count). The quantitative estimate of drug-likeness (QED) is 0.832. The molecule has 0 saturated carbocycles. The average Bonchev–Trinajstić information content (AvgIpc) is 2.72. The minimum absolute atomic E-state index is 0.0678. The first kappa shape index (κ1) is 20.0. The van der Waals surface area contributed by atoms with Gasteiger partial charge in [-0.05, 0) is 74.2 Å². The monoisotopic (exact) mass is 373 g/mol. The highest BCUT2D eigenvalue weighted by atomic mass is 16.5. The Morgan fingerprint density at radius 3 is 2.70 bits per heavy atom. The van der Waals surface area contributed by atoms with E-state index in [0.717, 1.165) is 44.5 Å². The zero-order valence-electron chi connectivity index (χ0n) is 17.2. The number of aryl methyl sites for hydroxylation is 1. The standard InChI is InChI=1S/C22H35N3O2/c1-4-11-25(16-17-9-12-24(13-10-17)22(26)23-2)20-7-5-19-15-21(27-3)8-6-18(19)14-20/h6,8,15,17,20H,4-5,7,9-14,16H2,1-3H3,(H,23,26). The Morgan fingerprint density at radius 2 is 2.04 bits per heavy atom. The zero-order chi connectivity index (χ0) is 19.2. The third kappa shape index (κ3) is 4.95. The number of nitrogens with zero attached hydrogens (tertiary/aromatic N) is 2. The van der Waals surface area contributed by atoms with Crippen LogP contribution in [0.5, 0.6) is 5.75 Å². The van der Waals surface area contributed by atoms with Crippen molar-refractivity contribution >= 4 is 6.03 Å². The summed E-state index contributed by atoms with van der Waals surface area (Å²) in [6.45, 7) is 6.40. The Balaban J connectivity index is 1.58. The maximum Gasteiger partial charge on any atom is 0.317 e. The fraction of sp³-hybridized carbons (Fsp3) is 0.682. The first-order valence-corrected chi connectivity index (χ1v) is 10.5. The van der Waals surface area contributed by atoms with Crippen molar-refractivity contribution in [3.63, 3.8) is 0 Å². The van der Waals surface area contributed by atoms with E-state index < -0.39 is 0 Å². The summed E-state index contributed by atoms with van der Waals surface area (Å²) in [6, 6.07) is 7.28. The molecular formula is C22H35N3O2. The number of methoxy groups -OCH3 is 1. The predicted octanol–water partition coefficient (Wildman–Crippen LogP) is 3.32. The number of carbonyl (C=O) groups is 1. The molecule has 2 amide bonds. The Hall–Kier alpha value is -1.75. The molecule has 1 aliphatic heterocycles. The Labute approximate surface area is 164 Å². The summed E-state index contributed by atoms with van der Waals surface area (Å²) in [4.78, 5) is 16.5. The van der Waals surface area contributed by atoms with Gasteiger partial charge in [-0.1, -0.05) is 13.0 Å². The van der Waals surface area contributed by atoms with E-state index in [4.69, 9.17) is 4.74 Å². The van der Waals surface area contributed by atoms with E-state index in [2.05, 4.69) is 35.3 Å². The van der Waals surface area contributed by atoms with Crippen molar-refractivity contribution in [3.8, 4) is 5.75 Å². The zero-order valence-corrected chi connectivity index (χ0v) is 17.2. The van der Waals surface area contributed by atoms with Crippen molar-refractivity contribution in [3.05, 3.63) is 29.3 Å². The number of urea groups is 1. The lowest BCUT2D eigenvalue weighted by Gasteiger charge is -2.39. The number of likely N-dealkylation sites (tertiary alicyclic amines) is 1. The van der Waals surface area contributed by atoms with E-state index in [9.17, 15) is 4.79 Å². The van der Waals surface area contributed by atoms with E-state index in [0.29, 0.717) is 12.0 Å². The molecule has 1 aromatic rings. The van der Waals surface area contributed by atoms with Gasteiger partial charge in [0.05, 0.1) is 7.11 Å². The molecule has 1 atom stereocenters. The average molecular weight is 374 g/mol. The van der Waals surface area contributed by atoms with Gasteiger partial charge in [0.1, 0.15) is 5.75 Å². The van der Waals surface area contributed by atoms with Gasteiger partial charge in [0.25, 0.3) is 0 Å². The lowest BCUT2D eigenvalue weighted by Crippen LogP contribution is -2.47. The van der Waals surface area contributed by atoms with Gasteiger partial charge in [0.15, 0.2) is 0 Å². The number of fused-ring (bicyclic) bond motifs is 1. The van der Waals surface area contributed by atoms with Crippen LogP contribution < -0.4 is 10.1 Å². The highest BCUT2D eigenvalue weighted by Crippen LogP contribution is 2.29. The Kier molecular flexibility index (Phi) is 7.00. The lowest BCUT2D eigenvalue weighted by atomic mass is 9.86. The summed E-state index contributed by atoms with van der Waals surface area (Å²) in [5.41, 5.74) is 2.95. The number of carbonyl (C=O) groups excluding carboxylic acids is 1. The van der Waals surface area contributed by atoms with Gasteiger partial charge in [-0.15, -0.1) is 0 Å². The second kappa shape index (κ2) is 9.45. The summed E-state index contributed by atoms with van der Waals surface area (Å²) >= 11 is 0. The topological polar surface area (TPSA) is 44.8 Å². The highest BCUT2D eigenvalue weighted by Gasteiger charge is 2.28. The van der Waals surface area contributed by atoms with Crippen LogP contribution in [0.25, 0.3) is 0 Å². The Bertz CT molecular complexity index is 626. The number of nitrogens with one attached hydrogen (secondary N) is 1. The minimum Gasteiger partial charge on any atom is -0.497 e. The molecule has 0 radical (unpaired) electrons. The fourth-order valence-corrected chi connectivity index (χ4v) is 4.67. The molecule has 5 nitrogen and oxygen atoms in total. The van der Waals surface area contributed by atoms with E-state index in [1.54, 1.807) is 14.2 Å². The van der Waals surface area contributed by atoms with Crippen molar-refractivity contribution in [2.45, 2.75) is 51.5 Å². The van der Waals surface area contributed by atoms with Gasteiger partial charge in [0.2, 0.25) is 0 Å². The molecule has 1 aromatic carbocycles. The van der Waals surface area contributed by atoms with Gasteiger partial charge < -0.3 is 15.0 Å². The van der Waals surface area contributed by atoms with E-state index >= 15 is 0 Å². The van der Waals surface area contributed by atoms with Crippen LogP contribution in [0.2, 0.25) is 0 Å². The smallest absolute Gasteiger partial charge is 0.317 e. The first-order valence-electron chi connectivity index (χ1n) is 10.5. The molecule has 2 aliphatic rings. The number of hydrogen-bond donors (Lipinski definition) is 1. The van der Waals surface area contributed by atoms with Crippen molar-refractivity contribution in [1.82, 2.24) is 15.1 Å². The molecular weight excluding hydrogens is 338 g/mol. The van der Waals surface area contributed by atoms with Gasteiger partial charge in [-0.25, -0.2) is 4.79 Å². The maximum atomic E-state index is 11.8. The van der Waals surface area contributed by atoms with Crippen LogP contribution in [-0.2, 0) is 12.8 Å². The van der Waals surface area contributed by atoms with Crippen LogP contribution >= 0.6 is 0 Å². The number of amides is 2. The molecule has 5 heteroatoms. The first-order chi connectivity index (χ1) is 13.1. The second-order valence-electron chi connectivity index (χ2n) is 8.01. The number of piperidine rings is 1. The molecule has 0 bridgehead atoms. The predicted molar refractivity (Wildman–Crippen MR) is 109 cm³/mol. The van der Waals surface area contributed by atoms with Crippen LogP contribution in [-0.4, -0.2) is 62.2 Å². The normalized spacial score (nSPS) is 20.4.